The molecule has 3 nitrogen and oxygen atoms in total. The molecule has 0 saturated carbocycles. The van der Waals surface area contributed by atoms with E-state index in [4.69, 9.17) is 9.47 Å². The molecule has 3 N–H and O–H groups in total. The van der Waals surface area contributed by atoms with Crippen molar-refractivity contribution in [3.63, 3.8) is 0 Å². The predicted molar refractivity (Wildman–Crippen MR) is 68.8 cm³/mol. The van der Waals surface area contributed by atoms with Gasteiger partial charge in [0.05, 0.1) is 7.11 Å². The van der Waals surface area contributed by atoms with Gasteiger partial charge in [0.15, 0.2) is 11.5 Å². The quantitative estimate of drug-likeness (QED) is 0.877. The number of methoxy groups -OCH3 is 1. The standard InChI is InChI=1S/C14H14O2.H3N/c1-15-13-9-5-6-10-14(13)16-11-12-7-3-2-4-8-12;/h2-10H,11H2,1H3;1H3. The topological polar surface area (TPSA) is 53.5 Å². The molecule has 0 heterocycles. The molecule has 0 amide bonds. The summed E-state index contributed by atoms with van der Waals surface area (Å²) in [5.41, 5.74) is 1.15. The van der Waals surface area contributed by atoms with Gasteiger partial charge in [0.25, 0.3) is 0 Å². The monoisotopic (exact) mass is 231 g/mol. The summed E-state index contributed by atoms with van der Waals surface area (Å²) in [5.74, 6) is 1.53. The minimum absolute atomic E-state index is 0. The number of ether oxygens (including phenoxy) is 2. The van der Waals surface area contributed by atoms with Gasteiger partial charge in [-0.15, -0.1) is 0 Å². The van der Waals surface area contributed by atoms with Gasteiger partial charge in [-0.05, 0) is 17.7 Å². The van der Waals surface area contributed by atoms with Crippen LogP contribution in [-0.2, 0) is 6.61 Å². The van der Waals surface area contributed by atoms with E-state index in [1.165, 1.54) is 0 Å². The highest BCUT2D eigenvalue weighted by Gasteiger charge is 2.02. The first-order valence-electron chi connectivity index (χ1n) is 5.20. The predicted octanol–water partition coefficient (Wildman–Crippen LogP) is 3.44. The van der Waals surface area contributed by atoms with Crippen LogP contribution in [0.1, 0.15) is 5.56 Å². The van der Waals surface area contributed by atoms with E-state index < -0.39 is 0 Å². The van der Waals surface area contributed by atoms with Crippen LogP contribution in [0, 0.1) is 0 Å². The lowest BCUT2D eigenvalue weighted by Gasteiger charge is -2.09. The molecular weight excluding hydrogens is 214 g/mol. The molecule has 0 aliphatic carbocycles. The van der Waals surface area contributed by atoms with Gasteiger partial charge in [-0.3, -0.25) is 0 Å². The normalized spacial score (nSPS) is 9.24. The highest BCUT2D eigenvalue weighted by molar-refractivity contribution is 5.39. The Kier molecular flexibility index (Phi) is 5.04. The van der Waals surface area contributed by atoms with Crippen molar-refractivity contribution >= 4 is 0 Å². The lowest BCUT2D eigenvalue weighted by Crippen LogP contribution is -1.96. The number of para-hydroxylation sites is 2. The molecule has 2 aromatic carbocycles. The van der Waals surface area contributed by atoms with E-state index in [2.05, 4.69) is 0 Å². The third-order valence-corrected chi connectivity index (χ3v) is 2.31. The third-order valence-electron chi connectivity index (χ3n) is 2.31. The fourth-order valence-electron chi connectivity index (χ4n) is 1.47. The molecule has 0 aromatic heterocycles. The number of hydrogen-bond acceptors (Lipinski definition) is 3. The molecule has 17 heavy (non-hydrogen) atoms. The summed E-state index contributed by atoms with van der Waals surface area (Å²) < 4.78 is 10.9. The Morgan fingerprint density at radius 3 is 2.06 bits per heavy atom. The van der Waals surface area contributed by atoms with Crippen LogP contribution in [0.2, 0.25) is 0 Å². The largest absolute Gasteiger partial charge is 0.493 e. The summed E-state index contributed by atoms with van der Waals surface area (Å²) >= 11 is 0. The molecule has 0 radical (unpaired) electrons. The fraction of sp³-hybridized carbons (Fsp3) is 0.143. The SMILES string of the molecule is COc1ccccc1OCc1ccccc1.N. The maximum absolute atomic E-state index is 5.69. The fourth-order valence-corrected chi connectivity index (χ4v) is 1.47. The molecule has 0 unspecified atom stereocenters. The van der Waals surface area contributed by atoms with Gasteiger partial charge in [0.1, 0.15) is 6.61 Å². The van der Waals surface area contributed by atoms with E-state index in [1.807, 2.05) is 54.6 Å². The molecule has 0 saturated heterocycles. The lowest BCUT2D eigenvalue weighted by atomic mass is 10.2. The van der Waals surface area contributed by atoms with Crippen LogP contribution in [0.5, 0.6) is 11.5 Å². The van der Waals surface area contributed by atoms with Gasteiger partial charge >= 0.3 is 0 Å². The van der Waals surface area contributed by atoms with Gasteiger partial charge in [0.2, 0.25) is 0 Å². The smallest absolute Gasteiger partial charge is 0.161 e. The van der Waals surface area contributed by atoms with Crippen molar-refractivity contribution in [2.75, 3.05) is 7.11 Å². The van der Waals surface area contributed by atoms with Crippen LogP contribution in [0.4, 0.5) is 0 Å². The van der Waals surface area contributed by atoms with Gasteiger partial charge in [-0.1, -0.05) is 42.5 Å². The summed E-state index contributed by atoms with van der Waals surface area (Å²) in [4.78, 5) is 0. The first-order valence-corrected chi connectivity index (χ1v) is 5.20. The maximum Gasteiger partial charge on any atom is 0.161 e. The molecule has 3 heteroatoms. The third kappa shape index (κ3) is 3.50. The summed E-state index contributed by atoms with van der Waals surface area (Å²) in [7, 11) is 1.64. The van der Waals surface area contributed by atoms with Crippen LogP contribution in [0.15, 0.2) is 54.6 Å². The van der Waals surface area contributed by atoms with Gasteiger partial charge in [-0.2, -0.15) is 0 Å². The number of benzene rings is 2. The van der Waals surface area contributed by atoms with E-state index in [0.29, 0.717) is 6.61 Å². The van der Waals surface area contributed by atoms with E-state index in [1.54, 1.807) is 7.11 Å². The summed E-state index contributed by atoms with van der Waals surface area (Å²) in [6.07, 6.45) is 0. The van der Waals surface area contributed by atoms with E-state index >= 15 is 0 Å². The summed E-state index contributed by atoms with van der Waals surface area (Å²) in [6, 6.07) is 17.7. The molecule has 0 aliphatic rings. The Morgan fingerprint density at radius 1 is 0.824 bits per heavy atom. The Balaban J connectivity index is 0.00000144. The van der Waals surface area contributed by atoms with Crippen molar-refractivity contribution in [3.05, 3.63) is 60.2 Å². The average Bonchev–Trinajstić information content (AvgIpc) is 2.38. The van der Waals surface area contributed by atoms with Crippen molar-refractivity contribution in [2.24, 2.45) is 0 Å². The average molecular weight is 231 g/mol. The summed E-state index contributed by atoms with van der Waals surface area (Å²) in [5, 5.41) is 0. The van der Waals surface area contributed by atoms with Crippen molar-refractivity contribution in [1.82, 2.24) is 6.15 Å². The molecule has 2 rings (SSSR count). The minimum Gasteiger partial charge on any atom is -0.493 e. The Morgan fingerprint density at radius 2 is 1.41 bits per heavy atom. The second kappa shape index (κ2) is 6.55. The molecule has 90 valence electrons. The Hall–Kier alpha value is -2.00. The number of hydrogen-bond donors (Lipinski definition) is 1. The molecule has 0 bridgehead atoms. The molecule has 0 aliphatic heterocycles. The van der Waals surface area contributed by atoms with Crippen LogP contribution >= 0.6 is 0 Å². The van der Waals surface area contributed by atoms with Gasteiger partial charge < -0.3 is 15.6 Å². The van der Waals surface area contributed by atoms with Crippen molar-refractivity contribution < 1.29 is 9.47 Å². The molecule has 2 aromatic rings. The first-order chi connectivity index (χ1) is 7.90. The van der Waals surface area contributed by atoms with Crippen LogP contribution < -0.4 is 15.6 Å². The van der Waals surface area contributed by atoms with Crippen molar-refractivity contribution in [2.45, 2.75) is 6.61 Å². The molecule has 0 atom stereocenters. The molecular formula is C14H17NO2. The highest BCUT2D eigenvalue weighted by Crippen LogP contribution is 2.26. The zero-order valence-corrected chi connectivity index (χ0v) is 9.93. The Labute approximate surface area is 102 Å². The van der Waals surface area contributed by atoms with Crippen molar-refractivity contribution in [1.29, 1.82) is 0 Å². The van der Waals surface area contributed by atoms with Crippen molar-refractivity contribution in [3.8, 4) is 11.5 Å². The van der Waals surface area contributed by atoms with E-state index in [-0.39, 0.29) is 6.15 Å². The second-order valence-corrected chi connectivity index (χ2v) is 3.43. The zero-order valence-electron chi connectivity index (χ0n) is 9.93. The van der Waals surface area contributed by atoms with E-state index in [9.17, 15) is 0 Å². The van der Waals surface area contributed by atoms with Gasteiger partial charge in [0, 0.05) is 0 Å². The number of rotatable bonds is 4. The van der Waals surface area contributed by atoms with Crippen LogP contribution in [0.25, 0.3) is 0 Å². The molecule has 0 fully saturated rings. The summed E-state index contributed by atoms with van der Waals surface area (Å²) in [6.45, 7) is 0.557. The minimum atomic E-state index is 0. The van der Waals surface area contributed by atoms with Gasteiger partial charge in [-0.25, -0.2) is 0 Å². The van der Waals surface area contributed by atoms with Crippen LogP contribution in [0.3, 0.4) is 0 Å². The van der Waals surface area contributed by atoms with Crippen LogP contribution in [-0.4, -0.2) is 7.11 Å². The highest BCUT2D eigenvalue weighted by atomic mass is 16.5. The maximum atomic E-state index is 5.69. The lowest BCUT2D eigenvalue weighted by molar-refractivity contribution is 0.284. The second-order valence-electron chi connectivity index (χ2n) is 3.43. The first kappa shape index (κ1) is 13.1. The molecule has 0 spiro atoms. The van der Waals surface area contributed by atoms with E-state index in [0.717, 1.165) is 17.1 Å². The Bertz CT molecular complexity index is 443. The zero-order chi connectivity index (χ0) is 11.2.